The molecule has 3 heterocycles. The maximum absolute atomic E-state index is 15.5. The highest BCUT2D eigenvalue weighted by atomic mass is 19.1. The Balaban J connectivity index is 1.60. The summed E-state index contributed by atoms with van der Waals surface area (Å²) < 4.78 is 30.4. The van der Waals surface area contributed by atoms with Gasteiger partial charge in [0.25, 0.3) is 0 Å². The van der Waals surface area contributed by atoms with Gasteiger partial charge in [-0.2, -0.15) is 0 Å². The summed E-state index contributed by atoms with van der Waals surface area (Å²) in [4.78, 5) is 27.3. The molecule has 0 radical (unpaired) electrons. The first-order chi connectivity index (χ1) is 12.5. The highest BCUT2D eigenvalue weighted by Crippen LogP contribution is 2.47. The third-order valence-electron chi connectivity index (χ3n) is 6.05. The molecule has 3 aliphatic heterocycles. The molecular weight excluding hydrogens is 344 g/mol. The van der Waals surface area contributed by atoms with Crippen LogP contribution < -0.4 is 5.32 Å². The molecular formula is C18H19F2N3O3. The molecule has 3 fully saturated rings. The number of Topliss-reactive ketones (excluding diaryl/α,β-unsaturated/α-hetero) is 1. The first kappa shape index (κ1) is 16.0. The molecule has 0 aromatic carbocycles. The summed E-state index contributed by atoms with van der Waals surface area (Å²) in [5, 5.41) is 12.6. The smallest absolute Gasteiger partial charge is 0.340 e. The zero-order valence-electron chi connectivity index (χ0n) is 14.0. The average Bonchev–Trinajstić information content (AvgIpc) is 3.22. The normalized spacial score (nSPS) is 33.8. The van der Waals surface area contributed by atoms with Gasteiger partial charge in [0.2, 0.25) is 0 Å². The van der Waals surface area contributed by atoms with Crippen molar-refractivity contribution in [1.82, 2.24) is 15.1 Å². The summed E-state index contributed by atoms with van der Waals surface area (Å²) in [5.41, 5.74) is -0.273. The monoisotopic (exact) mass is 363 g/mol. The molecule has 5 rings (SSSR count). The van der Waals surface area contributed by atoms with Gasteiger partial charge in [-0.05, 0) is 19.3 Å². The van der Waals surface area contributed by atoms with Gasteiger partial charge in [0.1, 0.15) is 17.1 Å². The lowest BCUT2D eigenvalue weighted by molar-refractivity contribution is -0.135. The van der Waals surface area contributed by atoms with Crippen molar-refractivity contribution in [1.29, 1.82) is 0 Å². The molecule has 3 unspecified atom stereocenters. The number of nitrogens with one attached hydrogen (secondary N) is 1. The lowest BCUT2D eigenvalue weighted by Crippen LogP contribution is -2.46. The summed E-state index contributed by atoms with van der Waals surface area (Å²) in [5.74, 6) is -4.50. The number of fused-ring (bicyclic) bond motifs is 3. The average molecular weight is 363 g/mol. The highest BCUT2D eigenvalue weighted by molar-refractivity contribution is 6.19. The first-order valence-electron chi connectivity index (χ1n) is 9.02. The number of allylic oxidation sites excluding steroid dienone is 3. The van der Waals surface area contributed by atoms with E-state index in [9.17, 15) is 19.1 Å². The van der Waals surface area contributed by atoms with E-state index in [1.807, 2.05) is 0 Å². The SMILES string of the molecule is O=C(O)C1=CN(C2CC2)C2=C(F)C(N3CC4CC3CN4)=C(F)CC2C1=O. The maximum atomic E-state index is 15.5. The van der Waals surface area contributed by atoms with E-state index >= 15 is 4.39 Å². The maximum Gasteiger partial charge on any atom is 0.340 e. The van der Waals surface area contributed by atoms with Crippen LogP contribution in [0.25, 0.3) is 0 Å². The largest absolute Gasteiger partial charge is 0.478 e. The molecule has 6 nitrogen and oxygen atoms in total. The van der Waals surface area contributed by atoms with Crippen molar-refractivity contribution in [2.24, 2.45) is 5.92 Å². The lowest BCUT2D eigenvalue weighted by Gasteiger charge is -2.40. The van der Waals surface area contributed by atoms with Crippen molar-refractivity contribution in [2.75, 3.05) is 13.1 Å². The van der Waals surface area contributed by atoms with Crippen LogP contribution in [0.3, 0.4) is 0 Å². The van der Waals surface area contributed by atoms with Gasteiger partial charge in [-0.1, -0.05) is 0 Å². The van der Waals surface area contributed by atoms with Gasteiger partial charge in [-0.3, -0.25) is 4.79 Å². The molecule has 3 atom stereocenters. The summed E-state index contributed by atoms with van der Waals surface area (Å²) in [6.45, 7) is 1.24. The second-order valence-corrected chi connectivity index (χ2v) is 7.71. The Labute approximate surface area is 148 Å². The Morgan fingerprint density at radius 2 is 2.04 bits per heavy atom. The van der Waals surface area contributed by atoms with Crippen molar-refractivity contribution in [2.45, 2.75) is 43.8 Å². The zero-order valence-corrected chi connectivity index (χ0v) is 14.0. The molecule has 2 N–H and O–H groups in total. The summed E-state index contributed by atoms with van der Waals surface area (Å²) >= 11 is 0. The van der Waals surface area contributed by atoms with Crippen molar-refractivity contribution < 1.29 is 23.5 Å². The van der Waals surface area contributed by atoms with E-state index in [1.165, 1.54) is 6.20 Å². The molecule has 1 saturated carbocycles. The number of carbonyl (C=O) groups is 2. The first-order valence-corrected chi connectivity index (χ1v) is 9.02. The van der Waals surface area contributed by atoms with E-state index in [1.54, 1.807) is 9.80 Å². The van der Waals surface area contributed by atoms with Crippen LogP contribution in [0.4, 0.5) is 8.78 Å². The zero-order chi connectivity index (χ0) is 18.2. The van der Waals surface area contributed by atoms with E-state index in [2.05, 4.69) is 5.32 Å². The van der Waals surface area contributed by atoms with E-state index in [4.69, 9.17) is 0 Å². The van der Waals surface area contributed by atoms with Gasteiger partial charge in [0.05, 0.1) is 11.6 Å². The van der Waals surface area contributed by atoms with Gasteiger partial charge in [0, 0.05) is 43.8 Å². The van der Waals surface area contributed by atoms with Gasteiger partial charge < -0.3 is 20.2 Å². The molecule has 0 spiro atoms. The number of halogens is 2. The summed E-state index contributed by atoms with van der Waals surface area (Å²) in [6, 6.07) is 0.282. The number of carboxylic acid groups (broad SMARTS) is 1. The number of carbonyl (C=O) groups excluding carboxylic acids is 1. The second kappa shape index (κ2) is 5.39. The molecule has 8 heteroatoms. The number of rotatable bonds is 3. The quantitative estimate of drug-likeness (QED) is 0.739. The van der Waals surface area contributed by atoms with E-state index < -0.39 is 29.3 Å². The number of piperazine rings is 1. The van der Waals surface area contributed by atoms with Gasteiger partial charge in [-0.15, -0.1) is 0 Å². The lowest BCUT2D eigenvalue weighted by atomic mass is 9.83. The van der Waals surface area contributed by atoms with E-state index in [0.717, 1.165) is 19.3 Å². The number of ketones is 1. The van der Waals surface area contributed by atoms with Crippen LogP contribution in [-0.4, -0.2) is 57.9 Å². The third kappa shape index (κ3) is 2.17. The highest BCUT2D eigenvalue weighted by Gasteiger charge is 2.49. The third-order valence-corrected chi connectivity index (χ3v) is 6.05. The van der Waals surface area contributed by atoms with E-state index in [0.29, 0.717) is 13.1 Å². The minimum absolute atomic E-state index is 0.0141. The Kier molecular flexibility index (Phi) is 3.31. The van der Waals surface area contributed by atoms with Crippen LogP contribution in [-0.2, 0) is 9.59 Å². The van der Waals surface area contributed by atoms with Crippen LogP contribution in [0.1, 0.15) is 25.7 Å². The van der Waals surface area contributed by atoms with Crippen molar-refractivity contribution >= 4 is 11.8 Å². The Morgan fingerprint density at radius 1 is 1.27 bits per heavy atom. The summed E-state index contributed by atoms with van der Waals surface area (Å²) in [7, 11) is 0. The predicted molar refractivity (Wildman–Crippen MR) is 86.9 cm³/mol. The van der Waals surface area contributed by atoms with Crippen LogP contribution in [0, 0.1) is 5.92 Å². The van der Waals surface area contributed by atoms with Crippen molar-refractivity contribution in [3.05, 3.63) is 34.8 Å². The van der Waals surface area contributed by atoms with Crippen LogP contribution in [0.5, 0.6) is 0 Å². The van der Waals surface area contributed by atoms with E-state index in [-0.39, 0.29) is 41.5 Å². The number of hydrogen-bond acceptors (Lipinski definition) is 5. The fourth-order valence-corrected chi connectivity index (χ4v) is 4.67. The Morgan fingerprint density at radius 3 is 2.62 bits per heavy atom. The fraction of sp³-hybridized carbons (Fsp3) is 0.556. The van der Waals surface area contributed by atoms with Crippen LogP contribution in [0.2, 0.25) is 0 Å². The van der Waals surface area contributed by atoms with Crippen molar-refractivity contribution in [3.63, 3.8) is 0 Å². The van der Waals surface area contributed by atoms with Crippen LogP contribution >= 0.6 is 0 Å². The number of hydrogen-bond donors (Lipinski definition) is 2. The fourth-order valence-electron chi connectivity index (χ4n) is 4.67. The molecule has 0 aromatic rings. The van der Waals surface area contributed by atoms with Gasteiger partial charge >= 0.3 is 5.97 Å². The van der Waals surface area contributed by atoms with Crippen molar-refractivity contribution in [3.8, 4) is 0 Å². The number of aliphatic carboxylic acids is 1. The molecule has 0 aromatic heterocycles. The minimum atomic E-state index is -1.35. The molecule has 5 aliphatic rings. The van der Waals surface area contributed by atoms with Gasteiger partial charge in [0.15, 0.2) is 11.6 Å². The molecule has 138 valence electrons. The Hall–Kier alpha value is -2.22. The topological polar surface area (TPSA) is 72.9 Å². The van der Waals surface area contributed by atoms with Gasteiger partial charge in [-0.25, -0.2) is 13.6 Å². The predicted octanol–water partition coefficient (Wildman–Crippen LogP) is 1.43. The number of carboxylic acids is 1. The second-order valence-electron chi connectivity index (χ2n) is 7.71. The summed E-state index contributed by atoms with van der Waals surface area (Å²) in [6.07, 6.45) is 3.44. The number of likely N-dealkylation sites (tertiary alicyclic amines) is 1. The Bertz CT molecular complexity index is 814. The minimum Gasteiger partial charge on any atom is -0.478 e. The molecule has 0 amide bonds. The standard InChI is InChI=1S/C18H19F2N3O3/c19-13-4-11-15(14(20)16(13)22-6-8-3-10(22)5-21-8)23(9-1-2-9)7-12(17(11)24)18(25)26/h7-11,21H,1-6H2,(H,25,26). The molecule has 2 bridgehead atoms. The van der Waals surface area contributed by atoms with Crippen LogP contribution in [0.15, 0.2) is 34.8 Å². The number of nitrogens with zero attached hydrogens (tertiary/aromatic N) is 2. The molecule has 2 saturated heterocycles. The molecule has 2 aliphatic carbocycles. The molecule has 26 heavy (non-hydrogen) atoms.